The zero-order valence-electron chi connectivity index (χ0n) is 13.3. The normalized spacial score (nSPS) is 10.3. The van der Waals surface area contributed by atoms with Gasteiger partial charge in [-0.2, -0.15) is 0 Å². The quantitative estimate of drug-likeness (QED) is 0.640. The molecule has 132 valence electrons. The second-order valence-corrected chi connectivity index (χ2v) is 6.13. The molecule has 3 N–H and O–H groups in total. The highest BCUT2D eigenvalue weighted by molar-refractivity contribution is 7.14. The third-order valence-electron chi connectivity index (χ3n) is 3.29. The number of hydrogen-bond donors (Lipinski definition) is 3. The van der Waals surface area contributed by atoms with Crippen LogP contribution in [-0.2, 0) is 11.2 Å². The number of H-pyrrole nitrogens is 1. The van der Waals surface area contributed by atoms with E-state index < -0.39 is 5.91 Å². The minimum Gasteiger partial charge on any atom is -0.328 e. The molecule has 1 aromatic carbocycles. The number of carbonyl (C=O) groups excluding carboxylic acids is 2. The van der Waals surface area contributed by atoms with Crippen molar-refractivity contribution < 1.29 is 14.0 Å². The van der Waals surface area contributed by atoms with Crippen LogP contribution in [0.25, 0.3) is 0 Å². The number of rotatable bonds is 5. The minimum absolute atomic E-state index is 0.0163. The van der Waals surface area contributed by atoms with Crippen LogP contribution >= 0.6 is 11.3 Å². The van der Waals surface area contributed by atoms with Crippen LogP contribution in [0.3, 0.4) is 0 Å². The van der Waals surface area contributed by atoms with Crippen LogP contribution in [0.2, 0.25) is 0 Å². The molecule has 3 rings (SSSR count). The summed E-state index contributed by atoms with van der Waals surface area (Å²) in [7, 11) is 0. The smallest absolute Gasteiger partial charge is 0.258 e. The molecule has 0 bridgehead atoms. The van der Waals surface area contributed by atoms with Gasteiger partial charge in [-0.25, -0.2) is 9.37 Å². The van der Waals surface area contributed by atoms with E-state index in [1.54, 1.807) is 5.38 Å². The summed E-state index contributed by atoms with van der Waals surface area (Å²) in [5.41, 5.74) is 0.963. The zero-order valence-corrected chi connectivity index (χ0v) is 14.1. The fourth-order valence-electron chi connectivity index (χ4n) is 2.07. The fourth-order valence-corrected chi connectivity index (χ4v) is 2.77. The van der Waals surface area contributed by atoms with Gasteiger partial charge in [0.05, 0.1) is 17.7 Å². The first-order valence-corrected chi connectivity index (χ1v) is 8.37. The summed E-state index contributed by atoms with van der Waals surface area (Å²) in [5.74, 6) is -1.11. The number of aromatic amines is 1. The van der Waals surface area contributed by atoms with Crippen LogP contribution in [-0.4, -0.2) is 21.8 Å². The summed E-state index contributed by atoms with van der Waals surface area (Å²) in [6.45, 7) is 0. The van der Waals surface area contributed by atoms with Gasteiger partial charge in [0, 0.05) is 23.3 Å². The Kier molecular flexibility index (Phi) is 5.18. The second kappa shape index (κ2) is 7.70. The number of nitrogens with one attached hydrogen (secondary N) is 3. The van der Waals surface area contributed by atoms with Gasteiger partial charge >= 0.3 is 0 Å². The highest BCUT2D eigenvalue weighted by Crippen LogP contribution is 2.17. The lowest BCUT2D eigenvalue weighted by molar-refractivity contribution is -0.115. The van der Waals surface area contributed by atoms with Gasteiger partial charge in [-0.15, -0.1) is 11.3 Å². The average molecular weight is 372 g/mol. The summed E-state index contributed by atoms with van der Waals surface area (Å²) in [4.78, 5) is 41.6. The first kappa shape index (κ1) is 17.5. The minimum atomic E-state index is -0.419. The van der Waals surface area contributed by atoms with E-state index >= 15 is 0 Å². The highest BCUT2D eigenvalue weighted by atomic mass is 32.1. The standard InChI is InChI=1S/C17H13FN4O3S/c18-11-2-4-12(5-3-11)20-15(24)7-13-9-26-17(21-13)22-16(25)10-1-6-14(23)19-8-10/h1-6,8-9H,7H2,(H,19,23)(H,20,24)(H,21,22,25). The summed E-state index contributed by atoms with van der Waals surface area (Å²) in [6.07, 6.45) is 1.32. The first-order valence-electron chi connectivity index (χ1n) is 7.49. The SMILES string of the molecule is O=C(Cc1csc(NC(=O)c2ccc(=O)[nH]c2)n1)Nc1ccc(F)cc1. The summed E-state index contributed by atoms with van der Waals surface area (Å²) in [5, 5.41) is 7.24. The molecule has 0 saturated carbocycles. The highest BCUT2D eigenvalue weighted by Gasteiger charge is 2.11. The second-order valence-electron chi connectivity index (χ2n) is 5.27. The Balaban J connectivity index is 1.58. The molecule has 2 aromatic heterocycles. The van der Waals surface area contributed by atoms with Gasteiger partial charge in [0.15, 0.2) is 5.13 Å². The van der Waals surface area contributed by atoms with Crippen molar-refractivity contribution in [1.29, 1.82) is 0 Å². The number of hydrogen-bond acceptors (Lipinski definition) is 5. The summed E-state index contributed by atoms with van der Waals surface area (Å²) in [6, 6.07) is 8.08. The Morgan fingerprint density at radius 2 is 1.88 bits per heavy atom. The van der Waals surface area contributed by atoms with Crippen molar-refractivity contribution in [3.8, 4) is 0 Å². The van der Waals surface area contributed by atoms with Gasteiger partial charge in [0.1, 0.15) is 5.82 Å². The Morgan fingerprint density at radius 1 is 1.12 bits per heavy atom. The molecule has 0 aliphatic carbocycles. The van der Waals surface area contributed by atoms with Gasteiger partial charge in [0.25, 0.3) is 5.91 Å². The molecule has 9 heteroatoms. The first-order chi connectivity index (χ1) is 12.5. The van der Waals surface area contributed by atoms with Crippen molar-refractivity contribution in [3.05, 3.63) is 75.4 Å². The molecule has 2 amide bonds. The van der Waals surface area contributed by atoms with Crippen molar-refractivity contribution >= 4 is 34.0 Å². The molecule has 0 saturated heterocycles. The van der Waals surface area contributed by atoms with Gasteiger partial charge in [-0.3, -0.25) is 19.7 Å². The van der Waals surface area contributed by atoms with Gasteiger partial charge in [-0.1, -0.05) is 0 Å². The van der Waals surface area contributed by atoms with Crippen LogP contribution in [0.5, 0.6) is 0 Å². The zero-order chi connectivity index (χ0) is 18.5. The topological polar surface area (TPSA) is 104 Å². The third-order valence-corrected chi connectivity index (χ3v) is 4.09. The predicted octanol–water partition coefficient (Wildman–Crippen LogP) is 2.40. The van der Waals surface area contributed by atoms with E-state index in [2.05, 4.69) is 20.6 Å². The van der Waals surface area contributed by atoms with Gasteiger partial charge < -0.3 is 10.3 Å². The maximum absolute atomic E-state index is 12.8. The van der Waals surface area contributed by atoms with Crippen molar-refractivity contribution in [2.24, 2.45) is 0 Å². The number of anilines is 2. The number of pyridine rings is 1. The average Bonchev–Trinajstić information content (AvgIpc) is 3.04. The van der Waals surface area contributed by atoms with Crippen LogP contribution in [0.15, 0.2) is 52.8 Å². The van der Waals surface area contributed by atoms with Crippen molar-refractivity contribution in [2.45, 2.75) is 6.42 Å². The van der Waals surface area contributed by atoms with E-state index in [9.17, 15) is 18.8 Å². The predicted molar refractivity (Wildman–Crippen MR) is 95.9 cm³/mol. The van der Waals surface area contributed by atoms with E-state index in [1.165, 1.54) is 53.9 Å². The molecular formula is C17H13FN4O3S. The maximum Gasteiger partial charge on any atom is 0.258 e. The number of thiazole rings is 1. The summed E-state index contributed by atoms with van der Waals surface area (Å²) >= 11 is 1.18. The summed E-state index contributed by atoms with van der Waals surface area (Å²) < 4.78 is 12.8. The molecule has 0 aliphatic heterocycles. The molecule has 2 heterocycles. The number of carbonyl (C=O) groups is 2. The fraction of sp³-hybridized carbons (Fsp3) is 0.0588. The van der Waals surface area contributed by atoms with E-state index in [0.717, 1.165) is 0 Å². The van der Waals surface area contributed by atoms with E-state index in [4.69, 9.17) is 0 Å². The molecule has 3 aromatic rings. The Hall–Kier alpha value is -3.33. The molecule has 0 fully saturated rings. The Morgan fingerprint density at radius 3 is 2.58 bits per heavy atom. The number of aromatic nitrogens is 2. The molecule has 0 unspecified atom stereocenters. The van der Waals surface area contributed by atoms with Crippen molar-refractivity contribution in [1.82, 2.24) is 9.97 Å². The van der Waals surface area contributed by atoms with Gasteiger partial charge in [-0.05, 0) is 30.3 Å². The Labute approximate surface area is 150 Å². The lowest BCUT2D eigenvalue weighted by Gasteiger charge is -2.03. The van der Waals surface area contributed by atoms with Crippen molar-refractivity contribution in [3.63, 3.8) is 0 Å². The molecule has 0 atom stereocenters. The number of benzene rings is 1. The molecule has 0 spiro atoms. The van der Waals surface area contributed by atoms with E-state index in [0.29, 0.717) is 16.5 Å². The van der Waals surface area contributed by atoms with Crippen LogP contribution in [0, 0.1) is 5.82 Å². The van der Waals surface area contributed by atoms with Crippen LogP contribution < -0.4 is 16.2 Å². The molecule has 26 heavy (non-hydrogen) atoms. The van der Waals surface area contributed by atoms with Crippen LogP contribution in [0.1, 0.15) is 16.1 Å². The van der Waals surface area contributed by atoms with Crippen molar-refractivity contribution in [2.75, 3.05) is 10.6 Å². The monoisotopic (exact) mass is 372 g/mol. The van der Waals surface area contributed by atoms with E-state index in [1.807, 2.05) is 0 Å². The molecule has 0 radical (unpaired) electrons. The molecular weight excluding hydrogens is 359 g/mol. The number of nitrogens with zero attached hydrogens (tertiary/aromatic N) is 1. The Bertz CT molecular complexity index is 977. The maximum atomic E-state index is 12.8. The number of amides is 2. The largest absolute Gasteiger partial charge is 0.328 e. The number of halogens is 1. The van der Waals surface area contributed by atoms with Gasteiger partial charge in [0.2, 0.25) is 11.5 Å². The van der Waals surface area contributed by atoms with E-state index in [-0.39, 0.29) is 29.3 Å². The van der Waals surface area contributed by atoms with Crippen LogP contribution in [0.4, 0.5) is 15.2 Å². The molecule has 0 aliphatic rings. The third kappa shape index (κ3) is 4.61. The molecule has 7 nitrogen and oxygen atoms in total. The lowest BCUT2D eigenvalue weighted by Crippen LogP contribution is -2.15. The lowest BCUT2D eigenvalue weighted by atomic mass is 10.2.